The fourth-order valence-corrected chi connectivity index (χ4v) is 2.84. The number of rotatable bonds is 4. The van der Waals surface area contributed by atoms with Crippen molar-refractivity contribution in [3.8, 4) is 0 Å². The summed E-state index contributed by atoms with van der Waals surface area (Å²) in [5.74, 6) is -0.282. The fourth-order valence-electron chi connectivity index (χ4n) is 1.88. The standard InChI is InChI=1S/C13H15ClN2O2S/c14-11-5-3-10(19-11)4-6-12(17)15-9-13(18)16-7-1-2-8-16/h3-6H,1-2,7-9H2,(H,15,17)/b6-4+. The van der Waals surface area contributed by atoms with Gasteiger partial charge in [0.25, 0.3) is 0 Å². The molecule has 2 amide bonds. The van der Waals surface area contributed by atoms with Crippen LogP contribution >= 0.6 is 22.9 Å². The number of hydrogen-bond donors (Lipinski definition) is 1. The molecule has 2 rings (SSSR count). The number of nitrogens with one attached hydrogen (secondary N) is 1. The van der Waals surface area contributed by atoms with E-state index in [1.807, 2.05) is 6.07 Å². The predicted octanol–water partition coefficient (Wildman–Crippen LogP) is 2.15. The van der Waals surface area contributed by atoms with Gasteiger partial charge < -0.3 is 10.2 Å². The Hall–Kier alpha value is -1.33. The van der Waals surface area contributed by atoms with Crippen molar-refractivity contribution in [3.63, 3.8) is 0 Å². The molecule has 19 heavy (non-hydrogen) atoms. The average molecular weight is 299 g/mol. The highest BCUT2D eigenvalue weighted by Crippen LogP contribution is 2.22. The molecule has 2 heterocycles. The van der Waals surface area contributed by atoms with Crippen molar-refractivity contribution in [1.29, 1.82) is 0 Å². The van der Waals surface area contributed by atoms with Gasteiger partial charge in [0.05, 0.1) is 10.9 Å². The second-order valence-electron chi connectivity index (χ2n) is 4.28. The van der Waals surface area contributed by atoms with Gasteiger partial charge in [0.2, 0.25) is 11.8 Å². The Balaban J connectivity index is 1.75. The summed E-state index contributed by atoms with van der Waals surface area (Å²) in [5.41, 5.74) is 0. The van der Waals surface area contributed by atoms with Crippen LogP contribution in [-0.2, 0) is 9.59 Å². The largest absolute Gasteiger partial charge is 0.343 e. The van der Waals surface area contributed by atoms with Crippen molar-refractivity contribution >= 4 is 40.8 Å². The summed E-state index contributed by atoms with van der Waals surface area (Å²) in [6, 6.07) is 3.62. The van der Waals surface area contributed by atoms with E-state index < -0.39 is 0 Å². The topological polar surface area (TPSA) is 49.4 Å². The Morgan fingerprint density at radius 1 is 1.37 bits per heavy atom. The molecule has 1 aromatic rings. The van der Waals surface area contributed by atoms with Gasteiger partial charge in [-0.1, -0.05) is 11.6 Å². The van der Waals surface area contributed by atoms with Crippen LogP contribution in [0.2, 0.25) is 4.34 Å². The molecule has 102 valence electrons. The van der Waals surface area contributed by atoms with Crippen molar-refractivity contribution in [3.05, 3.63) is 27.4 Å². The zero-order chi connectivity index (χ0) is 13.7. The highest BCUT2D eigenvalue weighted by Gasteiger charge is 2.17. The van der Waals surface area contributed by atoms with E-state index in [0.29, 0.717) is 4.34 Å². The van der Waals surface area contributed by atoms with Gasteiger partial charge in [-0.2, -0.15) is 0 Å². The molecule has 0 unspecified atom stereocenters. The summed E-state index contributed by atoms with van der Waals surface area (Å²) in [7, 11) is 0. The minimum Gasteiger partial charge on any atom is -0.343 e. The van der Waals surface area contributed by atoms with Crippen LogP contribution in [0.4, 0.5) is 0 Å². The number of thiophene rings is 1. The van der Waals surface area contributed by atoms with Crippen LogP contribution in [-0.4, -0.2) is 36.3 Å². The molecule has 0 saturated carbocycles. The number of halogens is 1. The number of hydrogen-bond acceptors (Lipinski definition) is 3. The number of carbonyl (C=O) groups excluding carboxylic acids is 2. The first kappa shape index (κ1) is 14.1. The van der Waals surface area contributed by atoms with Crippen LogP contribution in [0.3, 0.4) is 0 Å². The van der Waals surface area contributed by atoms with Crippen LogP contribution in [0.15, 0.2) is 18.2 Å². The van der Waals surface area contributed by atoms with E-state index in [1.165, 1.54) is 17.4 Å². The Labute approximate surface area is 121 Å². The molecule has 1 N–H and O–H groups in total. The molecular weight excluding hydrogens is 284 g/mol. The molecule has 1 aromatic heterocycles. The maximum Gasteiger partial charge on any atom is 0.244 e. The predicted molar refractivity (Wildman–Crippen MR) is 77.2 cm³/mol. The van der Waals surface area contributed by atoms with Gasteiger partial charge in [0, 0.05) is 24.0 Å². The number of carbonyl (C=O) groups is 2. The summed E-state index contributed by atoms with van der Waals surface area (Å²) >= 11 is 7.18. The lowest BCUT2D eigenvalue weighted by Gasteiger charge is -2.14. The van der Waals surface area contributed by atoms with Crippen LogP contribution in [0.5, 0.6) is 0 Å². The molecule has 0 bridgehead atoms. The van der Waals surface area contributed by atoms with Crippen molar-refractivity contribution in [2.24, 2.45) is 0 Å². The van der Waals surface area contributed by atoms with E-state index in [-0.39, 0.29) is 18.4 Å². The van der Waals surface area contributed by atoms with E-state index in [0.717, 1.165) is 30.8 Å². The maximum absolute atomic E-state index is 11.7. The molecule has 1 saturated heterocycles. The molecule has 1 aliphatic rings. The lowest BCUT2D eigenvalue weighted by Crippen LogP contribution is -2.38. The monoisotopic (exact) mass is 298 g/mol. The lowest BCUT2D eigenvalue weighted by atomic mass is 10.4. The van der Waals surface area contributed by atoms with Gasteiger partial charge in [-0.3, -0.25) is 9.59 Å². The van der Waals surface area contributed by atoms with Crippen molar-refractivity contribution in [2.75, 3.05) is 19.6 Å². The van der Waals surface area contributed by atoms with Crippen LogP contribution in [0.25, 0.3) is 6.08 Å². The summed E-state index contributed by atoms with van der Waals surface area (Å²) in [5, 5.41) is 2.59. The molecular formula is C13H15ClN2O2S. The van der Waals surface area contributed by atoms with E-state index in [2.05, 4.69) is 5.32 Å². The van der Waals surface area contributed by atoms with Gasteiger partial charge >= 0.3 is 0 Å². The van der Waals surface area contributed by atoms with Crippen LogP contribution in [0, 0.1) is 0 Å². The van der Waals surface area contributed by atoms with Gasteiger partial charge in [-0.05, 0) is 31.1 Å². The summed E-state index contributed by atoms with van der Waals surface area (Å²) in [6.07, 6.45) is 5.21. The number of amides is 2. The summed E-state index contributed by atoms with van der Waals surface area (Å²) < 4.78 is 0.685. The van der Waals surface area contributed by atoms with Gasteiger partial charge in [0.1, 0.15) is 0 Å². The molecule has 6 heteroatoms. The summed E-state index contributed by atoms with van der Waals surface area (Å²) in [4.78, 5) is 25.9. The molecule has 4 nitrogen and oxygen atoms in total. The molecule has 0 atom stereocenters. The maximum atomic E-state index is 11.7. The van der Waals surface area contributed by atoms with Crippen LogP contribution < -0.4 is 5.32 Å². The smallest absolute Gasteiger partial charge is 0.244 e. The van der Waals surface area contributed by atoms with Gasteiger partial charge in [-0.25, -0.2) is 0 Å². The Bertz CT molecular complexity index is 493. The normalized spacial score (nSPS) is 15.1. The minimum atomic E-state index is -0.267. The first-order valence-electron chi connectivity index (χ1n) is 6.14. The van der Waals surface area contributed by atoms with E-state index >= 15 is 0 Å². The zero-order valence-corrected chi connectivity index (χ0v) is 12.0. The minimum absolute atomic E-state index is 0.0154. The molecule has 1 fully saturated rings. The second-order valence-corrected chi connectivity index (χ2v) is 6.03. The van der Waals surface area contributed by atoms with E-state index in [9.17, 15) is 9.59 Å². The van der Waals surface area contributed by atoms with Crippen molar-refractivity contribution in [2.45, 2.75) is 12.8 Å². The quantitative estimate of drug-likeness (QED) is 0.866. The third kappa shape index (κ3) is 4.36. The Kier molecular flexibility index (Phi) is 4.99. The second kappa shape index (κ2) is 6.73. The van der Waals surface area contributed by atoms with E-state index in [4.69, 9.17) is 11.6 Å². The van der Waals surface area contributed by atoms with Gasteiger partial charge in [-0.15, -0.1) is 11.3 Å². The van der Waals surface area contributed by atoms with Crippen LogP contribution in [0.1, 0.15) is 17.7 Å². The number of likely N-dealkylation sites (tertiary alicyclic amines) is 1. The molecule has 0 aromatic carbocycles. The first-order valence-corrected chi connectivity index (χ1v) is 7.33. The average Bonchev–Trinajstić information content (AvgIpc) is 3.04. The van der Waals surface area contributed by atoms with Crippen molar-refractivity contribution < 1.29 is 9.59 Å². The third-order valence-corrected chi connectivity index (χ3v) is 4.06. The zero-order valence-electron chi connectivity index (χ0n) is 10.4. The molecule has 1 aliphatic heterocycles. The summed E-state index contributed by atoms with van der Waals surface area (Å²) in [6.45, 7) is 1.67. The molecule has 0 aliphatic carbocycles. The number of nitrogens with zero attached hydrogens (tertiary/aromatic N) is 1. The fraction of sp³-hybridized carbons (Fsp3) is 0.385. The lowest BCUT2D eigenvalue weighted by molar-refractivity contribution is -0.131. The third-order valence-electron chi connectivity index (χ3n) is 2.87. The highest BCUT2D eigenvalue weighted by atomic mass is 35.5. The Morgan fingerprint density at radius 3 is 2.74 bits per heavy atom. The van der Waals surface area contributed by atoms with Gasteiger partial charge in [0.15, 0.2) is 0 Å². The van der Waals surface area contributed by atoms with E-state index in [1.54, 1.807) is 17.0 Å². The highest BCUT2D eigenvalue weighted by molar-refractivity contribution is 7.17. The first-order chi connectivity index (χ1) is 9.15. The Morgan fingerprint density at radius 2 is 2.11 bits per heavy atom. The SMILES string of the molecule is O=C(/C=C/c1ccc(Cl)s1)NCC(=O)N1CCCC1. The molecule has 0 spiro atoms. The molecule has 0 radical (unpaired) electrons. The van der Waals surface area contributed by atoms with Crippen molar-refractivity contribution in [1.82, 2.24) is 10.2 Å².